The molecule has 0 fully saturated rings. The minimum atomic E-state index is -4.42. The number of carbonyl (C=O) groups excluding carboxylic acids is 2. The first-order valence-electron chi connectivity index (χ1n) is 8.00. The summed E-state index contributed by atoms with van der Waals surface area (Å²) in [5, 5.41) is 2.68. The molecular weight excluding hydrogens is 353 g/mol. The second kappa shape index (κ2) is 10.3. The maximum atomic E-state index is 12.5. The van der Waals surface area contributed by atoms with Gasteiger partial charge in [-0.1, -0.05) is 31.0 Å². The van der Waals surface area contributed by atoms with Crippen molar-refractivity contribution in [2.45, 2.75) is 32.9 Å². The zero-order valence-electron chi connectivity index (χ0n) is 14.4. The third-order valence-corrected chi connectivity index (χ3v) is 4.22. The van der Waals surface area contributed by atoms with Crippen molar-refractivity contribution in [2.75, 3.05) is 29.9 Å². The van der Waals surface area contributed by atoms with Crippen LogP contribution in [0.15, 0.2) is 24.3 Å². The van der Waals surface area contributed by atoms with E-state index in [1.807, 2.05) is 26.0 Å². The molecule has 0 saturated carbocycles. The Hall–Kier alpha value is -1.70. The van der Waals surface area contributed by atoms with Crippen molar-refractivity contribution < 1.29 is 22.8 Å². The van der Waals surface area contributed by atoms with Crippen molar-refractivity contribution in [3.63, 3.8) is 0 Å². The highest BCUT2D eigenvalue weighted by atomic mass is 32.2. The molecule has 0 heterocycles. The van der Waals surface area contributed by atoms with Gasteiger partial charge < -0.3 is 10.2 Å². The number of amides is 2. The first kappa shape index (κ1) is 21.3. The molecule has 0 aromatic heterocycles. The van der Waals surface area contributed by atoms with E-state index in [1.54, 1.807) is 12.1 Å². The summed E-state index contributed by atoms with van der Waals surface area (Å²) < 4.78 is 37.6. The van der Waals surface area contributed by atoms with Crippen molar-refractivity contribution in [1.29, 1.82) is 0 Å². The summed E-state index contributed by atoms with van der Waals surface area (Å²) in [5.74, 6) is -1.04. The predicted octanol–water partition coefficient (Wildman–Crippen LogP) is 3.86. The van der Waals surface area contributed by atoms with Crippen LogP contribution in [-0.2, 0) is 9.59 Å². The summed E-state index contributed by atoms with van der Waals surface area (Å²) >= 11 is 1.01. The summed E-state index contributed by atoms with van der Waals surface area (Å²) in [6.45, 7) is 2.60. The van der Waals surface area contributed by atoms with E-state index < -0.39 is 18.6 Å². The average molecular weight is 376 g/mol. The minimum Gasteiger partial charge on any atom is -0.333 e. The van der Waals surface area contributed by atoms with Crippen LogP contribution in [0.25, 0.3) is 0 Å². The number of alkyl halides is 3. The number of hydrogen-bond acceptors (Lipinski definition) is 3. The van der Waals surface area contributed by atoms with Crippen LogP contribution < -0.4 is 5.32 Å². The fraction of sp³-hybridized carbons (Fsp3) is 0.529. The smallest absolute Gasteiger partial charge is 0.333 e. The molecule has 1 N–H and O–H groups in total. The van der Waals surface area contributed by atoms with Gasteiger partial charge in [-0.3, -0.25) is 9.59 Å². The molecule has 1 aromatic rings. The van der Waals surface area contributed by atoms with E-state index in [1.165, 1.54) is 0 Å². The highest BCUT2D eigenvalue weighted by Crippen LogP contribution is 2.18. The molecule has 0 atom stereocenters. The lowest BCUT2D eigenvalue weighted by Crippen LogP contribution is -2.40. The summed E-state index contributed by atoms with van der Waals surface area (Å²) in [6.07, 6.45) is -3.20. The molecule has 0 aliphatic heterocycles. The highest BCUT2D eigenvalue weighted by molar-refractivity contribution is 8.00. The van der Waals surface area contributed by atoms with Gasteiger partial charge in [-0.2, -0.15) is 13.2 Å². The molecule has 1 aromatic carbocycles. The Bertz CT molecular complexity index is 562. The molecule has 0 bridgehead atoms. The van der Waals surface area contributed by atoms with Crippen LogP contribution in [0.5, 0.6) is 0 Å². The summed E-state index contributed by atoms with van der Waals surface area (Å²) in [7, 11) is 0. The van der Waals surface area contributed by atoms with E-state index in [-0.39, 0.29) is 24.0 Å². The van der Waals surface area contributed by atoms with Gasteiger partial charge >= 0.3 is 6.18 Å². The lowest BCUT2D eigenvalue weighted by atomic mass is 10.2. The summed E-state index contributed by atoms with van der Waals surface area (Å²) in [4.78, 5) is 24.6. The highest BCUT2D eigenvalue weighted by Gasteiger charge is 2.32. The van der Waals surface area contributed by atoms with E-state index in [2.05, 4.69) is 5.32 Å². The lowest BCUT2D eigenvalue weighted by molar-refractivity contribution is -0.159. The maximum absolute atomic E-state index is 12.5. The van der Waals surface area contributed by atoms with E-state index in [9.17, 15) is 22.8 Å². The third-order valence-electron chi connectivity index (χ3n) is 3.30. The standard InChI is InChI=1S/C17H23F3N2O2S/c1-3-4-9-22(12-17(18,19)20)16(24)11-25-10-15(23)21-14-7-5-13(2)6-8-14/h5-8H,3-4,9-12H2,1-2H3,(H,21,23). The third kappa shape index (κ3) is 9.38. The number of hydrogen-bond donors (Lipinski definition) is 1. The predicted molar refractivity (Wildman–Crippen MR) is 94.7 cm³/mol. The number of thioether (sulfide) groups is 1. The summed E-state index contributed by atoms with van der Waals surface area (Å²) in [6, 6.07) is 7.24. The van der Waals surface area contributed by atoms with Crippen LogP contribution in [0.2, 0.25) is 0 Å². The van der Waals surface area contributed by atoms with Crippen LogP contribution in [0, 0.1) is 6.92 Å². The maximum Gasteiger partial charge on any atom is 0.406 e. The van der Waals surface area contributed by atoms with Gasteiger partial charge in [0.15, 0.2) is 0 Å². The van der Waals surface area contributed by atoms with Crippen LogP contribution >= 0.6 is 11.8 Å². The van der Waals surface area contributed by atoms with Gasteiger partial charge in [-0.15, -0.1) is 11.8 Å². The van der Waals surface area contributed by atoms with Crippen molar-refractivity contribution in [3.8, 4) is 0 Å². The molecule has 1 rings (SSSR count). The minimum absolute atomic E-state index is 0.00719. The molecule has 0 spiro atoms. The SMILES string of the molecule is CCCCN(CC(F)(F)F)C(=O)CSCC(=O)Nc1ccc(C)cc1. The molecule has 4 nitrogen and oxygen atoms in total. The Balaban J connectivity index is 2.41. The molecule has 0 aliphatic carbocycles. The number of halogens is 3. The number of rotatable bonds is 9. The number of benzene rings is 1. The topological polar surface area (TPSA) is 49.4 Å². The van der Waals surface area contributed by atoms with E-state index in [0.29, 0.717) is 18.5 Å². The Morgan fingerprint density at radius 1 is 1.16 bits per heavy atom. The fourth-order valence-electron chi connectivity index (χ4n) is 2.01. The second-order valence-electron chi connectivity index (χ2n) is 5.69. The Kier molecular flexibility index (Phi) is 8.82. The number of carbonyl (C=O) groups is 2. The second-order valence-corrected chi connectivity index (χ2v) is 6.68. The first-order valence-corrected chi connectivity index (χ1v) is 9.15. The van der Waals surface area contributed by atoms with Crippen molar-refractivity contribution in [3.05, 3.63) is 29.8 Å². The van der Waals surface area contributed by atoms with Crippen LogP contribution in [0.4, 0.5) is 18.9 Å². The molecular formula is C17H23F3N2O2S. The van der Waals surface area contributed by atoms with Gasteiger partial charge in [0.2, 0.25) is 11.8 Å². The zero-order chi connectivity index (χ0) is 18.9. The van der Waals surface area contributed by atoms with E-state index >= 15 is 0 Å². The monoisotopic (exact) mass is 376 g/mol. The number of nitrogens with zero attached hydrogens (tertiary/aromatic N) is 1. The molecule has 140 valence electrons. The molecule has 0 radical (unpaired) electrons. The van der Waals surface area contributed by atoms with Gasteiger partial charge in [0.1, 0.15) is 6.54 Å². The Labute approximate surface area is 150 Å². The first-order chi connectivity index (χ1) is 11.7. The largest absolute Gasteiger partial charge is 0.406 e. The van der Waals surface area contributed by atoms with Gasteiger partial charge in [-0.05, 0) is 25.5 Å². The van der Waals surface area contributed by atoms with Gasteiger partial charge in [0.25, 0.3) is 0 Å². The summed E-state index contributed by atoms with van der Waals surface area (Å²) in [5.41, 5.74) is 1.71. The quantitative estimate of drug-likeness (QED) is 0.712. The van der Waals surface area contributed by atoms with E-state index in [0.717, 1.165) is 22.2 Å². The number of aryl methyl sites for hydroxylation is 1. The lowest BCUT2D eigenvalue weighted by Gasteiger charge is -2.23. The average Bonchev–Trinajstić information content (AvgIpc) is 2.52. The van der Waals surface area contributed by atoms with Gasteiger partial charge in [0.05, 0.1) is 11.5 Å². The Morgan fingerprint density at radius 3 is 2.36 bits per heavy atom. The number of unbranched alkanes of at least 4 members (excludes halogenated alkanes) is 1. The van der Waals surface area contributed by atoms with Crippen molar-refractivity contribution in [2.24, 2.45) is 0 Å². The fourth-order valence-corrected chi connectivity index (χ4v) is 2.73. The molecule has 25 heavy (non-hydrogen) atoms. The Morgan fingerprint density at radius 2 is 1.80 bits per heavy atom. The molecule has 0 saturated heterocycles. The normalized spacial score (nSPS) is 11.2. The molecule has 0 aliphatic rings. The van der Waals surface area contributed by atoms with E-state index in [4.69, 9.17) is 0 Å². The van der Waals surface area contributed by atoms with Crippen LogP contribution in [0.3, 0.4) is 0 Å². The zero-order valence-corrected chi connectivity index (χ0v) is 15.2. The molecule has 0 unspecified atom stereocenters. The van der Waals surface area contributed by atoms with Gasteiger partial charge in [0, 0.05) is 12.2 Å². The van der Waals surface area contributed by atoms with Crippen molar-refractivity contribution >= 4 is 29.3 Å². The van der Waals surface area contributed by atoms with Crippen LogP contribution in [-0.4, -0.2) is 47.5 Å². The van der Waals surface area contributed by atoms with Crippen LogP contribution in [0.1, 0.15) is 25.3 Å². The number of nitrogens with one attached hydrogen (secondary N) is 1. The number of anilines is 1. The van der Waals surface area contributed by atoms with Crippen molar-refractivity contribution in [1.82, 2.24) is 4.90 Å². The molecule has 8 heteroatoms. The molecule has 2 amide bonds. The van der Waals surface area contributed by atoms with Gasteiger partial charge in [-0.25, -0.2) is 0 Å².